The van der Waals surface area contributed by atoms with Gasteiger partial charge in [-0.1, -0.05) is 26.2 Å². The van der Waals surface area contributed by atoms with E-state index in [1.54, 1.807) is 0 Å². The molecule has 0 saturated heterocycles. The van der Waals surface area contributed by atoms with Gasteiger partial charge in [0.25, 0.3) is 0 Å². The summed E-state index contributed by atoms with van der Waals surface area (Å²) < 4.78 is 16.3. The van der Waals surface area contributed by atoms with Crippen LogP contribution in [-0.2, 0) is 15.3 Å². The Balaban J connectivity index is 2.19. The van der Waals surface area contributed by atoms with Crippen LogP contribution in [0.4, 0.5) is 0 Å². The molecule has 0 aliphatic heterocycles. The molecule has 0 spiro atoms. The van der Waals surface area contributed by atoms with Crippen molar-refractivity contribution in [1.29, 1.82) is 0 Å². The molecular formula is C8H16O2S. The molecular weight excluding hydrogens is 160 g/mol. The molecule has 0 radical (unpaired) electrons. The Hall–Kier alpha value is 0.110. The molecule has 1 aliphatic carbocycles. The minimum Gasteiger partial charge on any atom is -0.287 e. The largest absolute Gasteiger partial charge is 0.287 e. The van der Waals surface area contributed by atoms with Crippen molar-refractivity contribution >= 4 is 11.1 Å². The van der Waals surface area contributed by atoms with Crippen LogP contribution in [0.1, 0.15) is 39.0 Å². The quantitative estimate of drug-likeness (QED) is 0.657. The summed E-state index contributed by atoms with van der Waals surface area (Å²) in [5.41, 5.74) is 0. The van der Waals surface area contributed by atoms with Gasteiger partial charge in [-0.15, -0.1) is 0 Å². The van der Waals surface area contributed by atoms with Crippen molar-refractivity contribution in [3.05, 3.63) is 0 Å². The number of hydrogen-bond donors (Lipinski definition) is 0. The zero-order chi connectivity index (χ0) is 8.10. The second-order valence-corrected chi connectivity index (χ2v) is 4.33. The summed E-state index contributed by atoms with van der Waals surface area (Å²) in [4.78, 5) is 0. The lowest BCUT2D eigenvalue weighted by Gasteiger charge is -2.20. The average molecular weight is 176 g/mol. The molecule has 11 heavy (non-hydrogen) atoms. The minimum atomic E-state index is -1.02. The summed E-state index contributed by atoms with van der Waals surface area (Å²) in [6, 6.07) is 0. The molecule has 1 saturated carbocycles. The maximum Gasteiger partial charge on any atom is 0.155 e. The summed E-state index contributed by atoms with van der Waals surface area (Å²) in [6.45, 7) is 1.89. The van der Waals surface area contributed by atoms with E-state index in [-0.39, 0.29) is 6.10 Å². The molecule has 66 valence electrons. The Morgan fingerprint density at radius 2 is 2.00 bits per heavy atom. The Morgan fingerprint density at radius 3 is 2.55 bits per heavy atom. The van der Waals surface area contributed by atoms with E-state index in [4.69, 9.17) is 4.18 Å². The van der Waals surface area contributed by atoms with Crippen LogP contribution in [0.15, 0.2) is 0 Å². The Bertz CT molecular complexity index is 130. The van der Waals surface area contributed by atoms with E-state index < -0.39 is 11.1 Å². The SMILES string of the molecule is CCS(=O)OC1CCCCC1. The van der Waals surface area contributed by atoms with Gasteiger partial charge in [0, 0.05) is 5.75 Å². The summed E-state index contributed by atoms with van der Waals surface area (Å²) >= 11 is -1.02. The molecule has 0 N–H and O–H groups in total. The highest BCUT2D eigenvalue weighted by atomic mass is 32.2. The van der Waals surface area contributed by atoms with Gasteiger partial charge in [0.2, 0.25) is 0 Å². The van der Waals surface area contributed by atoms with Crippen LogP contribution >= 0.6 is 0 Å². The molecule has 1 aliphatic rings. The van der Waals surface area contributed by atoms with Crippen molar-refractivity contribution < 1.29 is 8.39 Å². The predicted molar refractivity (Wildman–Crippen MR) is 46.6 cm³/mol. The minimum absolute atomic E-state index is 0.282. The maximum atomic E-state index is 11.0. The van der Waals surface area contributed by atoms with Crippen LogP contribution in [0.2, 0.25) is 0 Å². The van der Waals surface area contributed by atoms with E-state index in [9.17, 15) is 4.21 Å². The lowest BCUT2D eigenvalue weighted by Crippen LogP contribution is -2.18. The first kappa shape index (κ1) is 9.20. The average Bonchev–Trinajstić information content (AvgIpc) is 2.06. The Kier molecular flexibility index (Phi) is 4.08. The standard InChI is InChI=1S/C8H16O2S/c1-2-11(9)10-8-6-4-3-5-7-8/h8H,2-7H2,1H3. The molecule has 1 atom stereocenters. The number of rotatable bonds is 3. The molecule has 1 rings (SSSR count). The van der Waals surface area contributed by atoms with Crippen molar-refractivity contribution in [2.75, 3.05) is 5.75 Å². The van der Waals surface area contributed by atoms with Crippen LogP contribution in [0.3, 0.4) is 0 Å². The molecule has 1 fully saturated rings. The maximum absolute atomic E-state index is 11.0. The van der Waals surface area contributed by atoms with Crippen LogP contribution in [0.5, 0.6) is 0 Å². The lowest BCUT2D eigenvalue weighted by molar-refractivity contribution is 0.174. The van der Waals surface area contributed by atoms with Crippen molar-refractivity contribution in [2.45, 2.75) is 45.1 Å². The molecule has 2 nitrogen and oxygen atoms in total. The van der Waals surface area contributed by atoms with Crippen LogP contribution in [0.25, 0.3) is 0 Å². The van der Waals surface area contributed by atoms with Crippen molar-refractivity contribution in [3.8, 4) is 0 Å². The highest BCUT2D eigenvalue weighted by Crippen LogP contribution is 2.20. The van der Waals surface area contributed by atoms with E-state index in [0.29, 0.717) is 5.75 Å². The first-order valence-corrected chi connectivity index (χ1v) is 5.63. The zero-order valence-corrected chi connectivity index (χ0v) is 7.86. The predicted octanol–water partition coefficient (Wildman–Crippen LogP) is 2.02. The summed E-state index contributed by atoms with van der Waals surface area (Å²) in [5, 5.41) is 0. The van der Waals surface area contributed by atoms with Crippen molar-refractivity contribution in [2.24, 2.45) is 0 Å². The summed E-state index contributed by atoms with van der Waals surface area (Å²) in [6.07, 6.45) is 6.29. The van der Waals surface area contributed by atoms with Gasteiger partial charge in [0.15, 0.2) is 11.1 Å². The molecule has 0 bridgehead atoms. The third kappa shape index (κ3) is 3.34. The van der Waals surface area contributed by atoms with Gasteiger partial charge in [-0.3, -0.25) is 4.18 Å². The molecule has 1 unspecified atom stereocenters. The molecule has 0 aromatic heterocycles. The smallest absolute Gasteiger partial charge is 0.155 e. The zero-order valence-electron chi connectivity index (χ0n) is 7.04. The molecule has 0 heterocycles. The molecule has 0 aromatic carbocycles. The second kappa shape index (κ2) is 4.88. The van der Waals surface area contributed by atoms with Crippen LogP contribution in [-0.4, -0.2) is 16.1 Å². The van der Waals surface area contributed by atoms with Gasteiger partial charge in [-0.2, -0.15) is 0 Å². The van der Waals surface area contributed by atoms with E-state index >= 15 is 0 Å². The van der Waals surface area contributed by atoms with Gasteiger partial charge in [-0.05, 0) is 12.8 Å². The Labute approximate surface area is 71.0 Å². The van der Waals surface area contributed by atoms with Crippen LogP contribution < -0.4 is 0 Å². The highest BCUT2D eigenvalue weighted by molar-refractivity contribution is 7.80. The summed E-state index contributed by atoms with van der Waals surface area (Å²) in [7, 11) is 0. The fourth-order valence-electron chi connectivity index (χ4n) is 1.38. The van der Waals surface area contributed by atoms with E-state index in [2.05, 4.69) is 0 Å². The molecule has 0 amide bonds. The van der Waals surface area contributed by atoms with Crippen LogP contribution in [0, 0.1) is 0 Å². The molecule has 3 heteroatoms. The third-order valence-corrected chi connectivity index (χ3v) is 2.99. The molecule has 0 aromatic rings. The van der Waals surface area contributed by atoms with Gasteiger partial charge in [0.1, 0.15) is 0 Å². The van der Waals surface area contributed by atoms with Gasteiger partial charge in [0.05, 0.1) is 6.10 Å². The van der Waals surface area contributed by atoms with E-state index in [0.717, 1.165) is 12.8 Å². The Morgan fingerprint density at radius 1 is 1.36 bits per heavy atom. The van der Waals surface area contributed by atoms with Crippen molar-refractivity contribution in [3.63, 3.8) is 0 Å². The topological polar surface area (TPSA) is 26.3 Å². The van der Waals surface area contributed by atoms with Gasteiger partial charge >= 0.3 is 0 Å². The lowest BCUT2D eigenvalue weighted by atomic mass is 9.98. The highest BCUT2D eigenvalue weighted by Gasteiger charge is 2.15. The fraction of sp³-hybridized carbons (Fsp3) is 1.00. The van der Waals surface area contributed by atoms with E-state index in [1.807, 2.05) is 6.92 Å². The second-order valence-electron chi connectivity index (χ2n) is 2.95. The third-order valence-electron chi connectivity index (χ3n) is 2.03. The fourth-order valence-corrected chi connectivity index (χ4v) is 2.01. The van der Waals surface area contributed by atoms with Gasteiger partial charge < -0.3 is 0 Å². The monoisotopic (exact) mass is 176 g/mol. The normalized spacial score (nSPS) is 23.4. The first-order valence-electron chi connectivity index (χ1n) is 4.38. The first-order chi connectivity index (χ1) is 5.33. The van der Waals surface area contributed by atoms with E-state index in [1.165, 1.54) is 19.3 Å². The number of hydrogen-bond acceptors (Lipinski definition) is 2. The summed E-state index contributed by atoms with van der Waals surface area (Å²) in [5.74, 6) is 0.622. The van der Waals surface area contributed by atoms with Gasteiger partial charge in [-0.25, -0.2) is 4.21 Å². The van der Waals surface area contributed by atoms with Crippen molar-refractivity contribution in [1.82, 2.24) is 0 Å².